The molecule has 1 heterocycles. The predicted molar refractivity (Wildman–Crippen MR) is 88.0 cm³/mol. The monoisotopic (exact) mass is 294 g/mol. The van der Waals surface area contributed by atoms with Gasteiger partial charge in [0.1, 0.15) is 0 Å². The van der Waals surface area contributed by atoms with Crippen LogP contribution in [0.4, 0.5) is 0 Å². The van der Waals surface area contributed by atoms with Gasteiger partial charge in [0.15, 0.2) is 0 Å². The molecule has 1 saturated carbocycles. The lowest BCUT2D eigenvalue weighted by Crippen LogP contribution is -2.44. The van der Waals surface area contributed by atoms with E-state index in [4.69, 9.17) is 0 Å². The molecule has 0 radical (unpaired) electrons. The van der Waals surface area contributed by atoms with Crippen molar-refractivity contribution in [3.63, 3.8) is 0 Å². The standard InChI is InChI=1S/C18H34N2O/c1-14(2)9-5-8-12-20-16(13-15(3)4)19-18(17(20)21)10-6-7-11-18/h14-16,19H,5-13H2,1-4H3. The van der Waals surface area contributed by atoms with Gasteiger partial charge in [0, 0.05) is 6.54 Å². The summed E-state index contributed by atoms with van der Waals surface area (Å²) in [6.45, 7) is 10.00. The maximum absolute atomic E-state index is 12.9. The second-order valence-electron chi connectivity index (χ2n) is 7.97. The van der Waals surface area contributed by atoms with Gasteiger partial charge in [-0.25, -0.2) is 0 Å². The highest BCUT2D eigenvalue weighted by molar-refractivity contribution is 5.89. The zero-order valence-corrected chi connectivity index (χ0v) is 14.5. The number of hydrogen-bond donors (Lipinski definition) is 1. The third-order valence-electron chi connectivity index (χ3n) is 5.07. The van der Waals surface area contributed by atoms with Crippen molar-refractivity contribution in [2.45, 2.75) is 90.8 Å². The van der Waals surface area contributed by atoms with Crippen LogP contribution in [0.5, 0.6) is 0 Å². The Morgan fingerprint density at radius 3 is 2.38 bits per heavy atom. The summed E-state index contributed by atoms with van der Waals surface area (Å²) in [5.74, 6) is 1.80. The Morgan fingerprint density at radius 1 is 1.14 bits per heavy atom. The number of carbonyl (C=O) groups excluding carboxylic acids is 1. The highest BCUT2D eigenvalue weighted by Gasteiger charge is 2.51. The molecule has 3 heteroatoms. The molecule has 3 nitrogen and oxygen atoms in total. The van der Waals surface area contributed by atoms with Crippen LogP contribution in [0.25, 0.3) is 0 Å². The minimum Gasteiger partial charge on any atom is -0.326 e. The predicted octanol–water partition coefficient (Wildman–Crippen LogP) is 3.93. The highest BCUT2D eigenvalue weighted by atomic mass is 16.2. The van der Waals surface area contributed by atoms with E-state index in [-0.39, 0.29) is 11.7 Å². The molecular formula is C18H34N2O. The number of nitrogens with one attached hydrogen (secondary N) is 1. The summed E-state index contributed by atoms with van der Waals surface area (Å²) in [5.41, 5.74) is -0.197. The maximum atomic E-state index is 12.9. The van der Waals surface area contributed by atoms with Crippen LogP contribution < -0.4 is 5.32 Å². The zero-order valence-electron chi connectivity index (χ0n) is 14.5. The number of nitrogens with zero attached hydrogens (tertiary/aromatic N) is 1. The first-order chi connectivity index (χ1) is 9.94. The molecule has 0 aromatic heterocycles. The zero-order chi connectivity index (χ0) is 15.5. The van der Waals surface area contributed by atoms with E-state index < -0.39 is 0 Å². The molecule has 2 fully saturated rings. The fourth-order valence-corrected chi connectivity index (χ4v) is 3.94. The van der Waals surface area contributed by atoms with Gasteiger partial charge < -0.3 is 4.90 Å². The molecule has 1 unspecified atom stereocenters. The quantitative estimate of drug-likeness (QED) is 0.722. The van der Waals surface area contributed by atoms with Crippen LogP contribution in [0, 0.1) is 11.8 Å². The van der Waals surface area contributed by atoms with Gasteiger partial charge in [-0.2, -0.15) is 0 Å². The molecule has 21 heavy (non-hydrogen) atoms. The number of carbonyl (C=O) groups is 1. The Balaban J connectivity index is 1.95. The maximum Gasteiger partial charge on any atom is 0.244 e. The number of amides is 1. The molecular weight excluding hydrogens is 260 g/mol. The molecule has 1 saturated heterocycles. The lowest BCUT2D eigenvalue weighted by Gasteiger charge is -2.25. The second-order valence-corrected chi connectivity index (χ2v) is 7.97. The SMILES string of the molecule is CC(C)CCCCN1C(=O)C2(CCCC2)NC1CC(C)C. The number of rotatable bonds is 7. The van der Waals surface area contributed by atoms with Crippen molar-refractivity contribution in [3.8, 4) is 0 Å². The van der Waals surface area contributed by atoms with E-state index in [0.717, 1.165) is 38.1 Å². The minimum absolute atomic E-state index is 0.197. The fourth-order valence-electron chi connectivity index (χ4n) is 3.94. The molecule has 1 aliphatic carbocycles. The van der Waals surface area contributed by atoms with Gasteiger partial charge in [-0.1, -0.05) is 53.4 Å². The summed E-state index contributed by atoms with van der Waals surface area (Å²) in [6.07, 6.45) is 9.51. The van der Waals surface area contributed by atoms with Crippen LogP contribution in [0.2, 0.25) is 0 Å². The molecule has 1 atom stereocenters. The van der Waals surface area contributed by atoms with E-state index in [2.05, 4.69) is 37.9 Å². The van der Waals surface area contributed by atoms with E-state index >= 15 is 0 Å². The molecule has 1 amide bonds. The normalized spacial score (nSPS) is 25.0. The second kappa shape index (κ2) is 7.13. The first-order valence-corrected chi connectivity index (χ1v) is 9.03. The van der Waals surface area contributed by atoms with E-state index in [1.165, 1.54) is 25.7 Å². The average Bonchev–Trinajstić information content (AvgIpc) is 2.94. The van der Waals surface area contributed by atoms with Crippen LogP contribution in [0.15, 0.2) is 0 Å². The van der Waals surface area contributed by atoms with Crippen molar-refractivity contribution >= 4 is 5.91 Å². The Bertz CT molecular complexity index is 345. The molecule has 0 aromatic rings. The Labute approximate surface area is 130 Å². The summed E-state index contributed by atoms with van der Waals surface area (Å²) in [5, 5.41) is 3.72. The topological polar surface area (TPSA) is 32.3 Å². The van der Waals surface area contributed by atoms with E-state index in [1.54, 1.807) is 0 Å². The third kappa shape index (κ3) is 4.00. The van der Waals surface area contributed by atoms with Gasteiger partial charge in [-0.3, -0.25) is 10.1 Å². The van der Waals surface area contributed by atoms with Gasteiger partial charge >= 0.3 is 0 Å². The van der Waals surface area contributed by atoms with Gasteiger partial charge in [-0.15, -0.1) is 0 Å². The molecule has 1 spiro atoms. The first-order valence-electron chi connectivity index (χ1n) is 9.03. The smallest absolute Gasteiger partial charge is 0.244 e. The van der Waals surface area contributed by atoms with Gasteiger partial charge in [-0.05, 0) is 37.5 Å². The summed E-state index contributed by atoms with van der Waals surface area (Å²) in [6, 6.07) is 0. The Kier molecular flexibility index (Phi) is 5.70. The molecule has 0 aromatic carbocycles. The van der Waals surface area contributed by atoms with Crippen LogP contribution in [0.1, 0.15) is 79.1 Å². The van der Waals surface area contributed by atoms with Crippen LogP contribution in [-0.4, -0.2) is 29.1 Å². The highest BCUT2D eigenvalue weighted by Crippen LogP contribution is 2.37. The van der Waals surface area contributed by atoms with Crippen molar-refractivity contribution in [1.82, 2.24) is 10.2 Å². The van der Waals surface area contributed by atoms with Crippen molar-refractivity contribution in [2.24, 2.45) is 11.8 Å². The third-order valence-corrected chi connectivity index (χ3v) is 5.07. The van der Waals surface area contributed by atoms with E-state index in [1.807, 2.05) is 0 Å². The molecule has 122 valence electrons. The Hall–Kier alpha value is -0.570. The lowest BCUT2D eigenvalue weighted by atomic mass is 9.98. The molecule has 1 aliphatic heterocycles. The van der Waals surface area contributed by atoms with Crippen molar-refractivity contribution in [1.29, 1.82) is 0 Å². The van der Waals surface area contributed by atoms with Gasteiger partial charge in [0.2, 0.25) is 5.91 Å². The summed E-state index contributed by atoms with van der Waals surface area (Å²) in [4.78, 5) is 15.1. The van der Waals surface area contributed by atoms with Gasteiger partial charge in [0.25, 0.3) is 0 Å². The lowest BCUT2D eigenvalue weighted by molar-refractivity contribution is -0.133. The van der Waals surface area contributed by atoms with E-state index in [9.17, 15) is 4.79 Å². The number of unbranched alkanes of at least 4 members (excludes halogenated alkanes) is 1. The summed E-state index contributed by atoms with van der Waals surface area (Å²) < 4.78 is 0. The summed E-state index contributed by atoms with van der Waals surface area (Å²) >= 11 is 0. The van der Waals surface area contributed by atoms with Crippen LogP contribution in [-0.2, 0) is 4.79 Å². The largest absolute Gasteiger partial charge is 0.326 e. The fraction of sp³-hybridized carbons (Fsp3) is 0.944. The minimum atomic E-state index is -0.197. The molecule has 0 bridgehead atoms. The van der Waals surface area contributed by atoms with Crippen LogP contribution in [0.3, 0.4) is 0 Å². The van der Waals surface area contributed by atoms with E-state index in [0.29, 0.717) is 11.8 Å². The first kappa shape index (κ1) is 16.8. The molecule has 2 aliphatic rings. The molecule has 1 N–H and O–H groups in total. The number of hydrogen-bond acceptors (Lipinski definition) is 2. The Morgan fingerprint density at radius 2 is 1.81 bits per heavy atom. The van der Waals surface area contributed by atoms with Crippen LogP contribution >= 0.6 is 0 Å². The average molecular weight is 294 g/mol. The van der Waals surface area contributed by atoms with Crippen molar-refractivity contribution in [2.75, 3.05) is 6.54 Å². The summed E-state index contributed by atoms with van der Waals surface area (Å²) in [7, 11) is 0. The van der Waals surface area contributed by atoms with Crippen molar-refractivity contribution in [3.05, 3.63) is 0 Å². The molecule has 2 rings (SSSR count). The van der Waals surface area contributed by atoms with Gasteiger partial charge in [0.05, 0.1) is 11.7 Å². The van der Waals surface area contributed by atoms with Crippen molar-refractivity contribution < 1.29 is 4.79 Å².